The average molecular weight is 460 g/mol. The second kappa shape index (κ2) is 10.8. The minimum atomic E-state index is -0.414. The fourth-order valence-corrected chi connectivity index (χ4v) is 3.88. The minimum absolute atomic E-state index is 0.249. The van der Waals surface area contributed by atoms with E-state index < -0.39 is 5.82 Å². The largest absolute Gasteiger partial charge is 0.491 e. The molecule has 0 unspecified atom stereocenters. The molecule has 170 valence electrons. The van der Waals surface area contributed by atoms with Gasteiger partial charge in [0.2, 0.25) is 0 Å². The topological polar surface area (TPSA) is 71.5 Å². The lowest BCUT2D eigenvalue weighted by molar-refractivity contribution is 0.140. The van der Waals surface area contributed by atoms with E-state index in [2.05, 4.69) is 25.5 Å². The van der Waals surface area contributed by atoms with Gasteiger partial charge in [0.15, 0.2) is 0 Å². The Kier molecular flexibility index (Phi) is 7.57. The zero-order valence-corrected chi connectivity index (χ0v) is 18.8. The van der Waals surface area contributed by atoms with Gasteiger partial charge < -0.3 is 25.0 Å². The summed E-state index contributed by atoms with van der Waals surface area (Å²) in [5.74, 6) is 0.764. The van der Waals surface area contributed by atoms with Gasteiger partial charge in [-0.3, -0.25) is 0 Å². The smallest absolute Gasteiger partial charge is 0.146 e. The van der Waals surface area contributed by atoms with Crippen LogP contribution in [0.3, 0.4) is 0 Å². The molecule has 9 heteroatoms. The number of aromatic nitrogens is 2. The number of fused-ring (bicyclic) bond motifs is 1. The van der Waals surface area contributed by atoms with Crippen molar-refractivity contribution in [3.63, 3.8) is 0 Å². The van der Waals surface area contributed by atoms with E-state index in [4.69, 9.17) is 21.1 Å². The maximum atomic E-state index is 14.2. The number of benzene rings is 2. The quantitative estimate of drug-likeness (QED) is 0.473. The highest BCUT2D eigenvalue weighted by molar-refractivity contribution is 6.30. The summed E-state index contributed by atoms with van der Waals surface area (Å²) in [5.41, 5.74) is 1.80. The Morgan fingerprint density at radius 3 is 2.94 bits per heavy atom. The Morgan fingerprint density at radius 1 is 1.16 bits per heavy atom. The zero-order chi connectivity index (χ0) is 22.3. The first-order valence-corrected chi connectivity index (χ1v) is 11.1. The van der Waals surface area contributed by atoms with E-state index in [1.54, 1.807) is 0 Å². The summed E-state index contributed by atoms with van der Waals surface area (Å²) in [6.07, 6.45) is 3.42. The van der Waals surface area contributed by atoms with Crippen LogP contribution in [0.15, 0.2) is 36.7 Å². The minimum Gasteiger partial charge on any atom is -0.491 e. The molecule has 1 aromatic heterocycles. The predicted molar refractivity (Wildman–Crippen MR) is 126 cm³/mol. The summed E-state index contributed by atoms with van der Waals surface area (Å²) in [4.78, 5) is 11.1. The van der Waals surface area contributed by atoms with Crippen LogP contribution >= 0.6 is 11.6 Å². The lowest BCUT2D eigenvalue weighted by atomic mass is 10.2. The third kappa shape index (κ3) is 5.56. The number of nitrogens with zero attached hydrogens (tertiary/aromatic N) is 3. The molecule has 1 aliphatic heterocycles. The Hall–Kier alpha value is -2.68. The van der Waals surface area contributed by atoms with Crippen LogP contribution in [-0.4, -0.2) is 61.4 Å². The third-order valence-corrected chi connectivity index (χ3v) is 5.61. The van der Waals surface area contributed by atoms with Crippen molar-refractivity contribution < 1.29 is 13.9 Å². The van der Waals surface area contributed by atoms with Crippen LogP contribution in [0, 0.1) is 5.82 Å². The molecule has 0 spiro atoms. The van der Waals surface area contributed by atoms with Crippen molar-refractivity contribution in [2.24, 2.45) is 0 Å². The molecule has 0 bridgehead atoms. The molecular weight excluding hydrogens is 433 g/mol. The Bertz CT molecular complexity index is 1060. The Labute approximate surface area is 191 Å². The summed E-state index contributed by atoms with van der Waals surface area (Å²) in [5, 5.41) is 7.36. The van der Waals surface area contributed by atoms with Gasteiger partial charge in [-0.25, -0.2) is 14.4 Å². The standard InChI is InChI=1S/C23H27ClFN5O2/c1-26-21-14-19-17(13-22(21)32-10-3-7-30-6-2-9-31-11-8-30)23(28-15-27-19)29-20-12-16(24)4-5-18(20)25/h4-5,12-15,26H,2-3,6-11H2,1H3,(H,27,28,29). The van der Waals surface area contributed by atoms with E-state index in [0.29, 0.717) is 28.7 Å². The van der Waals surface area contributed by atoms with Crippen molar-refractivity contribution in [3.05, 3.63) is 47.5 Å². The van der Waals surface area contributed by atoms with Crippen LogP contribution in [-0.2, 0) is 4.74 Å². The molecule has 1 aliphatic rings. The summed E-state index contributed by atoms with van der Waals surface area (Å²) in [7, 11) is 1.84. The summed E-state index contributed by atoms with van der Waals surface area (Å²) in [6.45, 7) is 5.20. The first-order valence-electron chi connectivity index (χ1n) is 10.8. The predicted octanol–water partition coefficient (Wildman–Crippen LogP) is 4.70. The number of halogens is 2. The molecule has 2 N–H and O–H groups in total. The van der Waals surface area contributed by atoms with Gasteiger partial charge in [-0.15, -0.1) is 0 Å². The molecule has 0 atom stereocenters. The van der Waals surface area contributed by atoms with E-state index in [0.717, 1.165) is 56.8 Å². The van der Waals surface area contributed by atoms with Crippen LogP contribution in [0.1, 0.15) is 12.8 Å². The average Bonchev–Trinajstić information content (AvgIpc) is 3.08. The molecule has 2 heterocycles. The maximum Gasteiger partial charge on any atom is 0.146 e. The van der Waals surface area contributed by atoms with Gasteiger partial charge in [0, 0.05) is 43.7 Å². The molecule has 0 saturated carbocycles. The van der Waals surface area contributed by atoms with E-state index in [-0.39, 0.29) is 5.69 Å². The van der Waals surface area contributed by atoms with E-state index >= 15 is 0 Å². The molecule has 1 fully saturated rings. The molecule has 32 heavy (non-hydrogen) atoms. The fraction of sp³-hybridized carbons (Fsp3) is 0.391. The number of nitrogens with one attached hydrogen (secondary N) is 2. The normalized spacial score (nSPS) is 14.8. The van der Waals surface area contributed by atoms with Crippen molar-refractivity contribution in [1.29, 1.82) is 0 Å². The van der Waals surface area contributed by atoms with Gasteiger partial charge in [-0.05, 0) is 43.2 Å². The molecule has 3 aromatic rings. The van der Waals surface area contributed by atoms with Crippen LogP contribution < -0.4 is 15.4 Å². The molecule has 1 saturated heterocycles. The first-order chi connectivity index (χ1) is 15.6. The first kappa shape index (κ1) is 22.5. The monoisotopic (exact) mass is 459 g/mol. The van der Waals surface area contributed by atoms with Crippen molar-refractivity contribution in [2.75, 3.05) is 57.1 Å². The Balaban J connectivity index is 1.50. The molecule has 4 rings (SSSR count). The Morgan fingerprint density at radius 2 is 2.06 bits per heavy atom. The van der Waals surface area contributed by atoms with Crippen LogP contribution in [0.25, 0.3) is 10.9 Å². The fourth-order valence-electron chi connectivity index (χ4n) is 3.71. The molecule has 2 aromatic carbocycles. The van der Waals surface area contributed by atoms with Crippen molar-refractivity contribution in [2.45, 2.75) is 12.8 Å². The number of hydrogen-bond acceptors (Lipinski definition) is 7. The van der Waals surface area contributed by atoms with Gasteiger partial charge in [-0.2, -0.15) is 0 Å². The van der Waals surface area contributed by atoms with Crippen molar-refractivity contribution in [3.8, 4) is 5.75 Å². The molecular formula is C23H27ClFN5O2. The van der Waals surface area contributed by atoms with E-state index in [9.17, 15) is 4.39 Å². The SMILES string of the molecule is CNc1cc2ncnc(Nc3cc(Cl)ccc3F)c2cc1OCCCN1CCCOCC1. The van der Waals surface area contributed by atoms with Gasteiger partial charge in [-0.1, -0.05) is 11.6 Å². The number of hydrogen-bond donors (Lipinski definition) is 2. The van der Waals surface area contributed by atoms with Gasteiger partial charge >= 0.3 is 0 Å². The second-order valence-corrected chi connectivity index (χ2v) is 8.03. The van der Waals surface area contributed by atoms with E-state index in [1.165, 1.54) is 24.5 Å². The maximum absolute atomic E-state index is 14.2. The summed E-state index contributed by atoms with van der Waals surface area (Å²) >= 11 is 6.02. The van der Waals surface area contributed by atoms with Crippen molar-refractivity contribution >= 4 is 39.7 Å². The lowest BCUT2D eigenvalue weighted by Crippen LogP contribution is -2.28. The molecule has 0 amide bonds. The van der Waals surface area contributed by atoms with Gasteiger partial charge in [0.1, 0.15) is 23.7 Å². The third-order valence-electron chi connectivity index (χ3n) is 5.38. The summed E-state index contributed by atoms with van der Waals surface area (Å²) < 4.78 is 25.8. The highest BCUT2D eigenvalue weighted by atomic mass is 35.5. The lowest BCUT2D eigenvalue weighted by Gasteiger charge is -2.19. The van der Waals surface area contributed by atoms with Crippen LogP contribution in [0.4, 0.5) is 21.6 Å². The second-order valence-electron chi connectivity index (χ2n) is 7.60. The van der Waals surface area contributed by atoms with Crippen LogP contribution in [0.5, 0.6) is 5.75 Å². The van der Waals surface area contributed by atoms with E-state index in [1.807, 2.05) is 19.2 Å². The zero-order valence-electron chi connectivity index (χ0n) is 18.0. The molecule has 0 radical (unpaired) electrons. The highest BCUT2D eigenvalue weighted by Gasteiger charge is 2.13. The molecule has 0 aliphatic carbocycles. The molecule has 7 nitrogen and oxygen atoms in total. The van der Waals surface area contributed by atoms with Crippen molar-refractivity contribution in [1.82, 2.24) is 14.9 Å². The number of anilines is 3. The number of rotatable bonds is 8. The summed E-state index contributed by atoms with van der Waals surface area (Å²) in [6, 6.07) is 8.13. The van der Waals surface area contributed by atoms with Gasteiger partial charge in [0.05, 0.1) is 30.1 Å². The van der Waals surface area contributed by atoms with Gasteiger partial charge in [0.25, 0.3) is 0 Å². The highest BCUT2D eigenvalue weighted by Crippen LogP contribution is 2.34. The van der Waals surface area contributed by atoms with Crippen LogP contribution in [0.2, 0.25) is 5.02 Å². The number of ether oxygens (including phenoxy) is 2.